The summed E-state index contributed by atoms with van der Waals surface area (Å²) in [6.45, 7) is 0.344. The number of aliphatic hydroxyl groups excluding tert-OH is 1. The Hall–Kier alpha value is -1.43. The maximum Gasteiger partial charge on any atom is 0.416 e. The van der Waals surface area contributed by atoms with Crippen LogP contribution >= 0.6 is 0 Å². The number of alkyl halides is 3. The Bertz CT molecular complexity index is 444. The minimum absolute atomic E-state index is 0.0447. The predicted molar refractivity (Wildman–Crippen MR) is 67.9 cm³/mol. The van der Waals surface area contributed by atoms with Crippen LogP contribution in [0, 0.1) is 0 Å². The van der Waals surface area contributed by atoms with Gasteiger partial charge in [-0.1, -0.05) is 0 Å². The van der Waals surface area contributed by atoms with Gasteiger partial charge in [0.2, 0.25) is 0 Å². The van der Waals surface area contributed by atoms with Gasteiger partial charge in [0.25, 0.3) is 0 Å². The molecule has 19 heavy (non-hydrogen) atoms. The molecule has 106 valence electrons. The molecular formula is C13H17F3N2O. The summed E-state index contributed by atoms with van der Waals surface area (Å²) in [5.41, 5.74) is 5.68. The number of nitrogens with zero attached hydrogens (tertiary/aromatic N) is 1. The summed E-state index contributed by atoms with van der Waals surface area (Å²) in [6, 6.07) is 3.66. The van der Waals surface area contributed by atoms with E-state index < -0.39 is 11.7 Å². The lowest BCUT2D eigenvalue weighted by Crippen LogP contribution is -2.42. The Morgan fingerprint density at radius 1 is 1.32 bits per heavy atom. The van der Waals surface area contributed by atoms with E-state index in [1.54, 1.807) is 0 Å². The van der Waals surface area contributed by atoms with Crippen LogP contribution in [0.4, 0.5) is 24.5 Å². The molecule has 0 atom stereocenters. The highest BCUT2D eigenvalue weighted by molar-refractivity contribution is 5.69. The summed E-state index contributed by atoms with van der Waals surface area (Å²) in [7, 11) is 0. The molecule has 0 unspecified atom stereocenters. The van der Waals surface area contributed by atoms with Gasteiger partial charge in [-0.25, -0.2) is 0 Å². The van der Waals surface area contributed by atoms with E-state index in [1.807, 2.05) is 4.90 Å². The summed E-state index contributed by atoms with van der Waals surface area (Å²) in [5, 5.41) is 9.08. The second-order valence-electron chi connectivity index (χ2n) is 4.77. The van der Waals surface area contributed by atoms with Crippen molar-refractivity contribution >= 4 is 11.4 Å². The standard InChI is InChI=1S/C13H17F3N2O/c14-13(15,16)9-4-5-12(11(17)8-9)18(6-7-19)10-2-1-3-10/h4-5,8,10,19H,1-3,6-7,17H2. The van der Waals surface area contributed by atoms with Crippen LogP contribution in [0.15, 0.2) is 18.2 Å². The first kappa shape index (κ1) is 14.0. The molecule has 1 aromatic rings. The van der Waals surface area contributed by atoms with Crippen molar-refractivity contribution in [2.45, 2.75) is 31.5 Å². The zero-order valence-electron chi connectivity index (χ0n) is 10.5. The van der Waals surface area contributed by atoms with E-state index in [9.17, 15) is 13.2 Å². The number of aliphatic hydroxyl groups is 1. The average Bonchev–Trinajstić information content (AvgIpc) is 2.24. The maximum absolute atomic E-state index is 12.6. The smallest absolute Gasteiger partial charge is 0.397 e. The molecule has 0 amide bonds. The van der Waals surface area contributed by atoms with Gasteiger partial charge in [-0.05, 0) is 37.5 Å². The fourth-order valence-corrected chi connectivity index (χ4v) is 2.30. The van der Waals surface area contributed by atoms with E-state index >= 15 is 0 Å². The first-order chi connectivity index (χ1) is 8.93. The van der Waals surface area contributed by atoms with Crippen LogP contribution in [-0.4, -0.2) is 24.3 Å². The number of benzene rings is 1. The maximum atomic E-state index is 12.6. The van der Waals surface area contributed by atoms with E-state index in [0.717, 1.165) is 31.4 Å². The highest BCUT2D eigenvalue weighted by Crippen LogP contribution is 2.37. The average molecular weight is 274 g/mol. The largest absolute Gasteiger partial charge is 0.416 e. The molecule has 0 aromatic heterocycles. The van der Waals surface area contributed by atoms with Crippen molar-refractivity contribution in [1.29, 1.82) is 0 Å². The predicted octanol–water partition coefficient (Wildman–Crippen LogP) is 2.64. The van der Waals surface area contributed by atoms with Crippen molar-refractivity contribution < 1.29 is 18.3 Å². The van der Waals surface area contributed by atoms with Gasteiger partial charge in [-0.2, -0.15) is 13.2 Å². The third kappa shape index (κ3) is 2.94. The van der Waals surface area contributed by atoms with Crippen LogP contribution < -0.4 is 10.6 Å². The van der Waals surface area contributed by atoms with Gasteiger partial charge in [0.15, 0.2) is 0 Å². The molecule has 0 radical (unpaired) electrons. The molecule has 0 heterocycles. The van der Waals surface area contributed by atoms with Gasteiger partial charge < -0.3 is 15.7 Å². The molecule has 1 aliphatic carbocycles. The molecule has 6 heteroatoms. The van der Waals surface area contributed by atoms with Crippen molar-refractivity contribution in [3.63, 3.8) is 0 Å². The normalized spacial score (nSPS) is 16.2. The number of hydrogen-bond donors (Lipinski definition) is 2. The molecule has 1 aliphatic rings. The minimum atomic E-state index is -4.38. The van der Waals surface area contributed by atoms with Gasteiger partial charge in [0.05, 0.1) is 23.5 Å². The molecule has 1 saturated carbocycles. The minimum Gasteiger partial charge on any atom is -0.397 e. The lowest BCUT2D eigenvalue weighted by molar-refractivity contribution is -0.137. The number of anilines is 2. The topological polar surface area (TPSA) is 49.5 Å². The number of nitrogen functional groups attached to an aromatic ring is 1. The number of rotatable bonds is 4. The van der Waals surface area contributed by atoms with E-state index in [2.05, 4.69) is 0 Å². The Morgan fingerprint density at radius 2 is 2.00 bits per heavy atom. The Kier molecular flexibility index (Phi) is 3.89. The molecule has 3 N–H and O–H groups in total. The first-order valence-corrected chi connectivity index (χ1v) is 6.27. The van der Waals surface area contributed by atoms with Crippen LogP contribution in [0.3, 0.4) is 0 Å². The lowest BCUT2D eigenvalue weighted by Gasteiger charge is -2.39. The summed E-state index contributed by atoms with van der Waals surface area (Å²) in [6.07, 6.45) is -1.31. The zero-order valence-corrected chi connectivity index (χ0v) is 10.5. The zero-order chi connectivity index (χ0) is 14.0. The second kappa shape index (κ2) is 5.28. The van der Waals surface area contributed by atoms with E-state index in [-0.39, 0.29) is 18.3 Å². The van der Waals surface area contributed by atoms with Crippen LogP contribution in [-0.2, 0) is 6.18 Å². The van der Waals surface area contributed by atoms with Gasteiger partial charge in [0.1, 0.15) is 0 Å². The van der Waals surface area contributed by atoms with Crippen molar-refractivity contribution in [2.24, 2.45) is 0 Å². The van der Waals surface area contributed by atoms with Crippen LogP contribution in [0.25, 0.3) is 0 Å². The third-order valence-corrected chi connectivity index (χ3v) is 3.52. The highest BCUT2D eigenvalue weighted by Gasteiger charge is 2.32. The van der Waals surface area contributed by atoms with Gasteiger partial charge in [0, 0.05) is 12.6 Å². The van der Waals surface area contributed by atoms with Gasteiger partial charge >= 0.3 is 6.18 Å². The third-order valence-electron chi connectivity index (χ3n) is 3.52. The fraction of sp³-hybridized carbons (Fsp3) is 0.538. The summed E-state index contributed by atoms with van der Waals surface area (Å²) < 4.78 is 37.7. The van der Waals surface area contributed by atoms with Gasteiger partial charge in [-0.15, -0.1) is 0 Å². The van der Waals surface area contributed by atoms with E-state index in [4.69, 9.17) is 10.8 Å². The number of hydrogen-bond acceptors (Lipinski definition) is 3. The van der Waals surface area contributed by atoms with Crippen LogP contribution in [0.1, 0.15) is 24.8 Å². The fourth-order valence-electron chi connectivity index (χ4n) is 2.30. The molecule has 1 aromatic carbocycles. The quantitative estimate of drug-likeness (QED) is 0.830. The molecule has 2 rings (SSSR count). The van der Waals surface area contributed by atoms with Crippen molar-refractivity contribution in [1.82, 2.24) is 0 Å². The molecule has 1 fully saturated rings. The molecule has 0 bridgehead atoms. The Balaban J connectivity index is 2.27. The molecule has 0 spiro atoms. The summed E-state index contributed by atoms with van der Waals surface area (Å²) >= 11 is 0. The SMILES string of the molecule is Nc1cc(C(F)(F)F)ccc1N(CCO)C1CCC1. The number of halogens is 3. The molecular weight excluding hydrogens is 257 g/mol. The Morgan fingerprint density at radius 3 is 2.42 bits per heavy atom. The monoisotopic (exact) mass is 274 g/mol. The van der Waals surface area contributed by atoms with Crippen LogP contribution in [0.5, 0.6) is 0 Å². The van der Waals surface area contributed by atoms with Gasteiger partial charge in [-0.3, -0.25) is 0 Å². The highest BCUT2D eigenvalue weighted by atomic mass is 19.4. The number of nitrogens with two attached hydrogens (primary N) is 1. The lowest BCUT2D eigenvalue weighted by atomic mass is 9.90. The summed E-state index contributed by atoms with van der Waals surface area (Å²) in [4.78, 5) is 1.90. The van der Waals surface area contributed by atoms with Crippen molar-refractivity contribution in [3.8, 4) is 0 Å². The van der Waals surface area contributed by atoms with Crippen molar-refractivity contribution in [3.05, 3.63) is 23.8 Å². The van der Waals surface area contributed by atoms with E-state index in [0.29, 0.717) is 12.2 Å². The Labute approximate surface area is 109 Å². The second-order valence-corrected chi connectivity index (χ2v) is 4.77. The summed E-state index contributed by atoms with van der Waals surface area (Å²) in [5.74, 6) is 0. The molecule has 0 aliphatic heterocycles. The van der Waals surface area contributed by atoms with E-state index in [1.165, 1.54) is 6.07 Å². The van der Waals surface area contributed by atoms with Crippen LogP contribution in [0.2, 0.25) is 0 Å². The molecule has 3 nitrogen and oxygen atoms in total. The first-order valence-electron chi connectivity index (χ1n) is 6.27. The van der Waals surface area contributed by atoms with Crippen molar-refractivity contribution in [2.75, 3.05) is 23.8 Å². The molecule has 0 saturated heterocycles.